The van der Waals surface area contributed by atoms with Crippen LogP contribution in [0.3, 0.4) is 0 Å². The van der Waals surface area contributed by atoms with E-state index < -0.39 is 0 Å². The second kappa shape index (κ2) is 5.66. The summed E-state index contributed by atoms with van der Waals surface area (Å²) in [5.74, 6) is 0.0569. The molecule has 1 N–H and O–H groups in total. The van der Waals surface area contributed by atoms with E-state index in [0.717, 1.165) is 28.4 Å². The molecule has 1 aliphatic carbocycles. The van der Waals surface area contributed by atoms with Gasteiger partial charge in [-0.1, -0.05) is 42.3 Å². The van der Waals surface area contributed by atoms with Crippen molar-refractivity contribution in [1.29, 1.82) is 0 Å². The number of carbonyl (C=O) groups is 1. The van der Waals surface area contributed by atoms with E-state index in [1.165, 1.54) is 12.8 Å². The lowest BCUT2D eigenvalue weighted by Gasteiger charge is -2.35. The largest absolute Gasteiger partial charge is 0.349 e. The van der Waals surface area contributed by atoms with Crippen LogP contribution in [-0.4, -0.2) is 11.9 Å². The standard InChI is InChI=1S/C16H22BrNO/c1-11-6-7-12(17)9-14(11)15(19)18-13-5-4-8-16(2,3)10-13/h6-7,9,13H,4-5,8,10H2,1-3H3,(H,18,19). The summed E-state index contributed by atoms with van der Waals surface area (Å²) >= 11 is 3.43. The molecule has 1 unspecified atom stereocenters. The quantitative estimate of drug-likeness (QED) is 0.855. The number of aryl methyl sites for hydroxylation is 1. The van der Waals surface area contributed by atoms with Crippen molar-refractivity contribution in [3.05, 3.63) is 33.8 Å². The van der Waals surface area contributed by atoms with Gasteiger partial charge in [0.25, 0.3) is 5.91 Å². The summed E-state index contributed by atoms with van der Waals surface area (Å²) in [6, 6.07) is 6.16. The molecule has 1 aliphatic rings. The van der Waals surface area contributed by atoms with Crippen LogP contribution in [0, 0.1) is 12.3 Å². The predicted molar refractivity (Wildman–Crippen MR) is 82.4 cm³/mol. The molecule has 1 fully saturated rings. The van der Waals surface area contributed by atoms with Gasteiger partial charge in [-0.05, 0) is 49.3 Å². The Morgan fingerprint density at radius 1 is 1.42 bits per heavy atom. The minimum Gasteiger partial charge on any atom is -0.349 e. The van der Waals surface area contributed by atoms with Crippen LogP contribution in [-0.2, 0) is 0 Å². The van der Waals surface area contributed by atoms with Gasteiger partial charge in [0.15, 0.2) is 0 Å². The van der Waals surface area contributed by atoms with Gasteiger partial charge in [-0.25, -0.2) is 0 Å². The molecule has 3 heteroatoms. The third-order valence-electron chi connectivity index (χ3n) is 3.98. The second-order valence-electron chi connectivity index (χ2n) is 6.39. The highest BCUT2D eigenvalue weighted by molar-refractivity contribution is 9.10. The first-order chi connectivity index (χ1) is 8.87. The van der Waals surface area contributed by atoms with E-state index in [-0.39, 0.29) is 5.91 Å². The van der Waals surface area contributed by atoms with E-state index in [2.05, 4.69) is 35.1 Å². The summed E-state index contributed by atoms with van der Waals surface area (Å²) in [7, 11) is 0. The molecule has 0 aliphatic heterocycles. The molecule has 19 heavy (non-hydrogen) atoms. The number of benzene rings is 1. The summed E-state index contributed by atoms with van der Waals surface area (Å²) in [6.45, 7) is 6.55. The number of hydrogen-bond acceptors (Lipinski definition) is 1. The fourth-order valence-electron chi connectivity index (χ4n) is 2.92. The zero-order chi connectivity index (χ0) is 14.0. The number of amides is 1. The monoisotopic (exact) mass is 323 g/mol. The SMILES string of the molecule is Cc1ccc(Br)cc1C(=O)NC1CCCC(C)(C)C1. The highest BCUT2D eigenvalue weighted by Crippen LogP contribution is 2.35. The van der Waals surface area contributed by atoms with E-state index in [1.807, 2.05) is 25.1 Å². The van der Waals surface area contributed by atoms with Crippen molar-refractivity contribution < 1.29 is 4.79 Å². The maximum atomic E-state index is 12.4. The van der Waals surface area contributed by atoms with Gasteiger partial charge in [0.1, 0.15) is 0 Å². The Kier molecular flexibility index (Phi) is 4.34. The molecule has 104 valence electrons. The maximum absolute atomic E-state index is 12.4. The summed E-state index contributed by atoms with van der Waals surface area (Å²) < 4.78 is 0.951. The highest BCUT2D eigenvalue weighted by Gasteiger charge is 2.29. The number of nitrogens with one attached hydrogen (secondary N) is 1. The van der Waals surface area contributed by atoms with Crippen molar-refractivity contribution >= 4 is 21.8 Å². The minimum absolute atomic E-state index is 0.0569. The van der Waals surface area contributed by atoms with Gasteiger partial charge in [0, 0.05) is 16.1 Å². The van der Waals surface area contributed by atoms with E-state index in [0.29, 0.717) is 11.5 Å². The molecule has 0 spiro atoms. The lowest BCUT2D eigenvalue weighted by atomic mass is 9.75. The van der Waals surface area contributed by atoms with Gasteiger partial charge >= 0.3 is 0 Å². The Balaban J connectivity index is 2.06. The van der Waals surface area contributed by atoms with Crippen molar-refractivity contribution in [2.45, 2.75) is 52.5 Å². The minimum atomic E-state index is 0.0569. The van der Waals surface area contributed by atoms with Crippen molar-refractivity contribution in [3.8, 4) is 0 Å². The summed E-state index contributed by atoms with van der Waals surface area (Å²) in [6.07, 6.45) is 4.64. The molecule has 1 aromatic rings. The highest BCUT2D eigenvalue weighted by atomic mass is 79.9. The van der Waals surface area contributed by atoms with Crippen molar-refractivity contribution in [2.24, 2.45) is 5.41 Å². The zero-order valence-corrected chi connectivity index (χ0v) is 13.5. The predicted octanol–water partition coefficient (Wildman–Crippen LogP) is 4.46. The van der Waals surface area contributed by atoms with Crippen LogP contribution in [0.4, 0.5) is 0 Å². The molecule has 1 saturated carbocycles. The fraction of sp³-hybridized carbons (Fsp3) is 0.562. The van der Waals surface area contributed by atoms with E-state index in [1.54, 1.807) is 0 Å². The van der Waals surface area contributed by atoms with Crippen molar-refractivity contribution in [2.75, 3.05) is 0 Å². The zero-order valence-electron chi connectivity index (χ0n) is 11.9. The topological polar surface area (TPSA) is 29.1 Å². The average Bonchev–Trinajstić information content (AvgIpc) is 2.31. The molecule has 0 bridgehead atoms. The fourth-order valence-corrected chi connectivity index (χ4v) is 3.28. The first-order valence-corrected chi connectivity index (χ1v) is 7.74. The Labute approximate surface area is 124 Å². The molecule has 1 amide bonds. The molecule has 1 aromatic carbocycles. The van der Waals surface area contributed by atoms with Gasteiger partial charge in [0.2, 0.25) is 0 Å². The van der Waals surface area contributed by atoms with Crippen LogP contribution in [0.1, 0.15) is 55.5 Å². The Morgan fingerprint density at radius 3 is 2.84 bits per heavy atom. The maximum Gasteiger partial charge on any atom is 0.251 e. The first kappa shape index (κ1) is 14.6. The number of hydrogen-bond donors (Lipinski definition) is 1. The van der Waals surface area contributed by atoms with Crippen LogP contribution in [0.25, 0.3) is 0 Å². The Hall–Kier alpha value is -0.830. The molecule has 1 atom stereocenters. The molecule has 2 rings (SSSR count). The third kappa shape index (κ3) is 3.82. The summed E-state index contributed by atoms with van der Waals surface area (Å²) in [5, 5.41) is 3.20. The molecule has 0 aromatic heterocycles. The molecular formula is C16H22BrNO. The van der Waals surface area contributed by atoms with Crippen LogP contribution in [0.2, 0.25) is 0 Å². The van der Waals surface area contributed by atoms with Crippen LogP contribution in [0.5, 0.6) is 0 Å². The van der Waals surface area contributed by atoms with Crippen LogP contribution < -0.4 is 5.32 Å². The van der Waals surface area contributed by atoms with E-state index in [4.69, 9.17) is 0 Å². The summed E-state index contributed by atoms with van der Waals surface area (Å²) in [4.78, 5) is 12.4. The van der Waals surface area contributed by atoms with Gasteiger partial charge in [-0.3, -0.25) is 4.79 Å². The second-order valence-corrected chi connectivity index (χ2v) is 7.31. The lowest BCUT2D eigenvalue weighted by molar-refractivity contribution is 0.0902. The molecule has 2 nitrogen and oxygen atoms in total. The molecular weight excluding hydrogens is 302 g/mol. The van der Waals surface area contributed by atoms with Crippen LogP contribution in [0.15, 0.2) is 22.7 Å². The van der Waals surface area contributed by atoms with E-state index in [9.17, 15) is 4.79 Å². The smallest absolute Gasteiger partial charge is 0.251 e. The molecule has 0 saturated heterocycles. The average molecular weight is 324 g/mol. The Bertz CT molecular complexity index is 482. The number of rotatable bonds is 2. The first-order valence-electron chi connectivity index (χ1n) is 6.94. The summed E-state index contributed by atoms with van der Waals surface area (Å²) in [5.41, 5.74) is 2.15. The van der Waals surface area contributed by atoms with Gasteiger partial charge < -0.3 is 5.32 Å². The molecule has 0 heterocycles. The van der Waals surface area contributed by atoms with E-state index >= 15 is 0 Å². The third-order valence-corrected chi connectivity index (χ3v) is 4.48. The van der Waals surface area contributed by atoms with Gasteiger partial charge in [-0.2, -0.15) is 0 Å². The Morgan fingerprint density at radius 2 is 2.16 bits per heavy atom. The number of carbonyl (C=O) groups excluding carboxylic acids is 1. The lowest BCUT2D eigenvalue weighted by Crippen LogP contribution is -2.40. The van der Waals surface area contributed by atoms with Gasteiger partial charge in [-0.15, -0.1) is 0 Å². The van der Waals surface area contributed by atoms with Gasteiger partial charge in [0.05, 0.1) is 0 Å². The van der Waals surface area contributed by atoms with Crippen molar-refractivity contribution in [3.63, 3.8) is 0 Å². The normalized spacial score (nSPS) is 22.0. The number of halogens is 1. The van der Waals surface area contributed by atoms with Crippen LogP contribution >= 0.6 is 15.9 Å². The molecule has 0 radical (unpaired) electrons. The van der Waals surface area contributed by atoms with Crippen molar-refractivity contribution in [1.82, 2.24) is 5.32 Å².